The predicted octanol–water partition coefficient (Wildman–Crippen LogP) is 1.05. The summed E-state index contributed by atoms with van der Waals surface area (Å²) in [5.74, 6) is -4.61. The van der Waals surface area contributed by atoms with Crippen LogP contribution in [0.2, 0.25) is 0 Å². The van der Waals surface area contributed by atoms with Crippen molar-refractivity contribution in [3.05, 3.63) is 23.8 Å². The fraction of sp³-hybridized carbons (Fsp3) is 0.696. The number of halogens is 1. The number of allylic oxidation sites excluding steroid dienone is 4. The fourth-order valence-electron chi connectivity index (χ4n) is 7.30. The number of esters is 1. The van der Waals surface area contributed by atoms with Crippen LogP contribution in [0.5, 0.6) is 0 Å². The topological polar surface area (TPSA) is 121 Å². The van der Waals surface area contributed by atoms with E-state index in [9.17, 15) is 29.7 Å². The van der Waals surface area contributed by atoms with Gasteiger partial charge in [-0.2, -0.15) is 0 Å². The number of rotatable bonds is 3. The molecule has 0 aromatic heterocycles. The molecule has 0 aromatic rings. The van der Waals surface area contributed by atoms with E-state index in [4.69, 9.17) is 4.74 Å². The molecular formula is C23H29FO7. The Kier molecular flexibility index (Phi) is 4.89. The van der Waals surface area contributed by atoms with Gasteiger partial charge in [-0.3, -0.25) is 14.4 Å². The summed E-state index contributed by atoms with van der Waals surface area (Å²) >= 11 is 0. The van der Waals surface area contributed by atoms with E-state index in [2.05, 4.69) is 0 Å². The molecule has 0 aromatic carbocycles. The van der Waals surface area contributed by atoms with Gasteiger partial charge in [-0.15, -0.1) is 0 Å². The number of carbonyl (C=O) groups excluding carboxylic acids is 3. The molecule has 4 aliphatic carbocycles. The molecule has 170 valence electrons. The molecule has 2 unspecified atom stereocenters. The molecule has 4 aliphatic rings. The molecule has 0 aliphatic heterocycles. The number of ketones is 2. The van der Waals surface area contributed by atoms with Crippen molar-refractivity contribution >= 4 is 17.5 Å². The lowest BCUT2D eigenvalue weighted by atomic mass is 9.44. The van der Waals surface area contributed by atoms with E-state index >= 15 is 4.39 Å². The first-order chi connectivity index (χ1) is 14.4. The number of carbonyl (C=O) groups is 3. The molecule has 0 amide bonds. The van der Waals surface area contributed by atoms with Gasteiger partial charge in [0.2, 0.25) is 0 Å². The molecule has 0 bridgehead atoms. The normalized spacial score (nSPS) is 48.4. The highest BCUT2D eigenvalue weighted by atomic mass is 19.1. The van der Waals surface area contributed by atoms with Gasteiger partial charge < -0.3 is 20.1 Å². The summed E-state index contributed by atoms with van der Waals surface area (Å²) in [7, 11) is 1.15. The second-order valence-corrected chi connectivity index (χ2v) is 9.92. The Bertz CT molecular complexity index is 912. The van der Waals surface area contributed by atoms with Gasteiger partial charge in [0.1, 0.15) is 12.2 Å². The Hall–Kier alpha value is -1.90. The van der Waals surface area contributed by atoms with E-state index in [0.29, 0.717) is 18.4 Å². The third kappa shape index (κ3) is 2.47. The minimum absolute atomic E-state index is 0.00619. The molecule has 8 atom stereocenters. The van der Waals surface area contributed by atoms with Gasteiger partial charge in [-0.25, -0.2) is 4.39 Å². The van der Waals surface area contributed by atoms with Crippen LogP contribution >= 0.6 is 0 Å². The molecule has 0 saturated heterocycles. The molecule has 31 heavy (non-hydrogen) atoms. The van der Waals surface area contributed by atoms with Crippen LogP contribution in [0.25, 0.3) is 0 Å². The van der Waals surface area contributed by atoms with Crippen LogP contribution < -0.4 is 0 Å². The third-order valence-electron chi connectivity index (χ3n) is 8.95. The monoisotopic (exact) mass is 436 g/mol. The van der Waals surface area contributed by atoms with E-state index in [1.807, 2.05) is 0 Å². The maximum Gasteiger partial charge on any atom is 0.312 e. The lowest BCUT2D eigenvalue weighted by molar-refractivity contribution is -0.220. The van der Waals surface area contributed by atoms with Gasteiger partial charge in [0.05, 0.1) is 19.1 Å². The van der Waals surface area contributed by atoms with Crippen LogP contribution in [-0.2, 0) is 19.1 Å². The first-order valence-electron chi connectivity index (χ1n) is 10.7. The Balaban J connectivity index is 1.86. The molecule has 3 fully saturated rings. The molecule has 4 rings (SSSR count). The van der Waals surface area contributed by atoms with Crippen LogP contribution in [0, 0.1) is 28.6 Å². The highest BCUT2D eigenvalue weighted by Crippen LogP contribution is 2.70. The van der Waals surface area contributed by atoms with E-state index in [0.717, 1.165) is 7.11 Å². The maximum atomic E-state index is 17.0. The Morgan fingerprint density at radius 2 is 1.97 bits per heavy atom. The van der Waals surface area contributed by atoms with E-state index in [1.165, 1.54) is 18.2 Å². The highest BCUT2D eigenvalue weighted by molar-refractivity contribution is 6.01. The quantitative estimate of drug-likeness (QED) is 0.566. The second-order valence-electron chi connectivity index (χ2n) is 9.92. The van der Waals surface area contributed by atoms with Gasteiger partial charge in [-0.1, -0.05) is 18.6 Å². The first-order valence-corrected chi connectivity index (χ1v) is 10.7. The number of alkyl halides is 1. The largest absolute Gasteiger partial charge is 0.469 e. The average Bonchev–Trinajstić information content (AvgIpc) is 2.97. The van der Waals surface area contributed by atoms with Crippen molar-refractivity contribution in [2.45, 2.75) is 56.9 Å². The minimum Gasteiger partial charge on any atom is -0.469 e. The standard InChI is InChI=1S/C23H29FO7/c1-20-7-6-13(26)8-12(20)4-5-14-15-9-16(19(29)31-3)23(30,18(28)11-25)21(15,2)10-17(27)22(14,20)24/h6-8,14-17,25,27,30H,4-5,9-11H2,1-3H3/t14-,15-,16?,17?,20-,21-,22-,23-/m0/s1. The summed E-state index contributed by atoms with van der Waals surface area (Å²) in [4.78, 5) is 37.2. The van der Waals surface area contributed by atoms with Gasteiger partial charge in [0.25, 0.3) is 0 Å². The van der Waals surface area contributed by atoms with Crippen LogP contribution in [0.4, 0.5) is 4.39 Å². The highest BCUT2D eigenvalue weighted by Gasteiger charge is 2.77. The molecule has 8 heteroatoms. The Morgan fingerprint density at radius 1 is 1.29 bits per heavy atom. The van der Waals surface area contributed by atoms with E-state index in [-0.39, 0.29) is 18.6 Å². The van der Waals surface area contributed by atoms with Gasteiger partial charge in [0, 0.05) is 16.7 Å². The van der Waals surface area contributed by atoms with Crippen LogP contribution in [0.3, 0.4) is 0 Å². The second kappa shape index (κ2) is 6.80. The zero-order chi connectivity index (χ0) is 23.0. The molecule has 0 heterocycles. The Labute approximate surface area is 180 Å². The molecule has 0 radical (unpaired) electrons. The first kappa shape index (κ1) is 22.3. The van der Waals surface area contributed by atoms with Crippen LogP contribution in [0.15, 0.2) is 23.8 Å². The van der Waals surface area contributed by atoms with E-state index < -0.39 is 64.3 Å². The lowest BCUT2D eigenvalue weighted by Crippen LogP contribution is -2.69. The average molecular weight is 436 g/mol. The summed E-state index contributed by atoms with van der Waals surface area (Å²) in [5.41, 5.74) is -6.36. The van der Waals surface area contributed by atoms with Crippen molar-refractivity contribution in [3.8, 4) is 0 Å². The van der Waals surface area contributed by atoms with Crippen LogP contribution in [0.1, 0.15) is 39.5 Å². The smallest absolute Gasteiger partial charge is 0.312 e. The van der Waals surface area contributed by atoms with Crippen molar-refractivity contribution in [1.82, 2.24) is 0 Å². The number of Topliss-reactive ketones (excluding diaryl/α,β-unsaturated/α-hetero) is 1. The van der Waals surface area contributed by atoms with Crippen LogP contribution in [-0.4, -0.2) is 63.9 Å². The van der Waals surface area contributed by atoms with Crippen molar-refractivity contribution in [3.63, 3.8) is 0 Å². The van der Waals surface area contributed by atoms with Crippen molar-refractivity contribution in [2.75, 3.05) is 13.7 Å². The lowest BCUT2D eigenvalue weighted by Gasteiger charge is -2.62. The van der Waals surface area contributed by atoms with E-state index in [1.54, 1.807) is 13.8 Å². The molecular weight excluding hydrogens is 407 g/mol. The summed E-state index contributed by atoms with van der Waals surface area (Å²) in [6.45, 7) is 2.27. The zero-order valence-corrected chi connectivity index (χ0v) is 17.9. The predicted molar refractivity (Wildman–Crippen MR) is 106 cm³/mol. The fourth-order valence-corrected chi connectivity index (χ4v) is 7.30. The van der Waals surface area contributed by atoms with Crippen molar-refractivity contribution in [2.24, 2.45) is 28.6 Å². The number of hydrogen-bond acceptors (Lipinski definition) is 7. The Morgan fingerprint density at radius 3 is 2.58 bits per heavy atom. The third-order valence-corrected chi connectivity index (χ3v) is 8.95. The zero-order valence-electron chi connectivity index (χ0n) is 17.9. The van der Waals surface area contributed by atoms with Crippen molar-refractivity contribution < 1.29 is 38.8 Å². The number of aliphatic hydroxyl groups excluding tert-OH is 2. The van der Waals surface area contributed by atoms with Gasteiger partial charge in [-0.05, 0) is 50.7 Å². The summed E-state index contributed by atoms with van der Waals surface area (Å²) in [6.07, 6.45) is 3.16. The molecule has 3 N–H and O–H groups in total. The number of hydrogen-bond donors (Lipinski definition) is 3. The summed E-state index contributed by atoms with van der Waals surface area (Å²) in [6, 6.07) is 0. The molecule has 3 saturated carbocycles. The van der Waals surface area contributed by atoms with Crippen molar-refractivity contribution in [1.29, 1.82) is 0 Å². The minimum atomic E-state index is -2.28. The molecule has 7 nitrogen and oxygen atoms in total. The van der Waals surface area contributed by atoms with Gasteiger partial charge >= 0.3 is 5.97 Å². The van der Waals surface area contributed by atoms with Gasteiger partial charge in [0.15, 0.2) is 17.2 Å². The summed E-state index contributed by atoms with van der Waals surface area (Å²) < 4.78 is 21.9. The number of ether oxygens (including phenoxy) is 1. The number of fused-ring (bicyclic) bond motifs is 5. The number of methoxy groups -OCH3 is 1. The molecule has 0 spiro atoms. The maximum absolute atomic E-state index is 17.0. The SMILES string of the molecule is COC(=O)C1C[C@H]2[C@@H]3CCC4=CC(=O)C=C[C@]4(C)[C@@]3(F)C(O)C[C@]2(C)[C@@]1(O)C(=O)CO. The number of aliphatic hydroxyl groups is 3. The summed E-state index contributed by atoms with van der Waals surface area (Å²) in [5, 5.41) is 32.3.